The Morgan fingerprint density at radius 2 is 2.44 bits per heavy atom. The zero-order chi connectivity index (χ0) is 11.4. The number of aromatic nitrogens is 1. The number of nitrogens with one attached hydrogen (secondary N) is 1. The average molecular weight is 236 g/mol. The minimum Gasteiger partial charge on any atom is -0.469 e. The van der Waals surface area contributed by atoms with Gasteiger partial charge >= 0.3 is 0 Å². The van der Waals surface area contributed by atoms with E-state index in [1.54, 1.807) is 17.6 Å². The lowest BCUT2D eigenvalue weighted by Gasteiger charge is -2.15. The Labute approximate surface area is 99.5 Å². The minimum absolute atomic E-state index is 0.309. The molecule has 0 fully saturated rings. The van der Waals surface area contributed by atoms with Gasteiger partial charge in [0, 0.05) is 11.3 Å². The molecule has 1 atom stereocenters. The molecule has 0 saturated heterocycles. The lowest BCUT2D eigenvalue weighted by atomic mass is 10.1. The van der Waals surface area contributed by atoms with Crippen LogP contribution in [-0.4, -0.2) is 11.5 Å². The molecule has 0 radical (unpaired) electrons. The molecule has 16 heavy (non-hydrogen) atoms. The van der Waals surface area contributed by atoms with Crippen molar-refractivity contribution < 1.29 is 4.42 Å². The van der Waals surface area contributed by atoms with Crippen molar-refractivity contribution >= 4 is 11.3 Å². The third-order valence-electron chi connectivity index (χ3n) is 2.54. The molecule has 1 N–H and O–H groups in total. The molecule has 3 nitrogen and oxygen atoms in total. The highest BCUT2D eigenvalue weighted by atomic mass is 32.1. The summed E-state index contributed by atoms with van der Waals surface area (Å²) in [6.07, 6.45) is 2.60. The van der Waals surface area contributed by atoms with E-state index < -0.39 is 0 Å². The zero-order valence-electron chi connectivity index (χ0n) is 9.56. The zero-order valence-corrected chi connectivity index (χ0v) is 10.4. The van der Waals surface area contributed by atoms with Gasteiger partial charge in [0.2, 0.25) is 0 Å². The average Bonchev–Trinajstić information content (AvgIpc) is 2.88. The maximum Gasteiger partial charge on any atom is 0.105 e. The lowest BCUT2D eigenvalue weighted by Crippen LogP contribution is -2.22. The first-order chi connectivity index (χ1) is 7.81. The summed E-state index contributed by atoms with van der Waals surface area (Å²) in [5.74, 6) is 1.01. The second-order valence-electron chi connectivity index (χ2n) is 3.70. The molecule has 2 aromatic heterocycles. The summed E-state index contributed by atoms with van der Waals surface area (Å²) < 4.78 is 5.39. The van der Waals surface area contributed by atoms with E-state index in [0.717, 1.165) is 24.4 Å². The van der Waals surface area contributed by atoms with Crippen molar-refractivity contribution in [2.45, 2.75) is 26.3 Å². The third-order valence-corrected chi connectivity index (χ3v) is 3.58. The van der Waals surface area contributed by atoms with Crippen LogP contribution >= 0.6 is 11.3 Å². The molecule has 2 heterocycles. The molecular weight excluding hydrogens is 220 g/mol. The van der Waals surface area contributed by atoms with Gasteiger partial charge in [-0.2, -0.15) is 0 Å². The maximum atomic E-state index is 5.39. The summed E-state index contributed by atoms with van der Waals surface area (Å²) >= 11 is 1.70. The summed E-state index contributed by atoms with van der Waals surface area (Å²) in [5.41, 5.74) is 3.01. The molecule has 0 bridgehead atoms. The molecule has 0 spiro atoms. The van der Waals surface area contributed by atoms with Crippen LogP contribution in [0, 0.1) is 6.92 Å². The van der Waals surface area contributed by atoms with Crippen molar-refractivity contribution in [2.24, 2.45) is 0 Å². The summed E-state index contributed by atoms with van der Waals surface area (Å²) in [6.45, 7) is 5.12. The number of likely N-dealkylation sites (N-methyl/N-ethyl adjacent to an activating group) is 1. The van der Waals surface area contributed by atoms with Gasteiger partial charge in [-0.15, -0.1) is 11.3 Å². The molecule has 0 amide bonds. The topological polar surface area (TPSA) is 38.1 Å². The van der Waals surface area contributed by atoms with Gasteiger partial charge in [-0.05, 0) is 25.6 Å². The van der Waals surface area contributed by atoms with E-state index in [1.165, 1.54) is 4.88 Å². The van der Waals surface area contributed by atoms with Crippen molar-refractivity contribution in [3.8, 4) is 0 Å². The normalized spacial score (nSPS) is 12.9. The molecular formula is C12H16N2OS. The van der Waals surface area contributed by atoms with Crippen LogP contribution in [0.4, 0.5) is 0 Å². The molecule has 2 rings (SSSR count). The number of thiazole rings is 1. The molecule has 1 unspecified atom stereocenters. The van der Waals surface area contributed by atoms with Gasteiger partial charge in [0.1, 0.15) is 5.76 Å². The van der Waals surface area contributed by atoms with E-state index in [9.17, 15) is 0 Å². The largest absolute Gasteiger partial charge is 0.469 e. The number of hydrogen-bond acceptors (Lipinski definition) is 4. The van der Waals surface area contributed by atoms with Crippen LogP contribution in [0.25, 0.3) is 0 Å². The Kier molecular flexibility index (Phi) is 3.74. The third kappa shape index (κ3) is 2.51. The first-order valence-corrected chi connectivity index (χ1v) is 6.35. The number of aryl methyl sites for hydroxylation is 1. The van der Waals surface area contributed by atoms with Crippen LogP contribution < -0.4 is 5.32 Å². The minimum atomic E-state index is 0.309. The van der Waals surface area contributed by atoms with E-state index in [2.05, 4.69) is 24.1 Å². The molecule has 0 saturated carbocycles. The van der Waals surface area contributed by atoms with Gasteiger partial charge in [-0.1, -0.05) is 6.92 Å². The Morgan fingerprint density at radius 3 is 3.00 bits per heavy atom. The Bertz CT molecular complexity index is 422. The van der Waals surface area contributed by atoms with E-state index >= 15 is 0 Å². The van der Waals surface area contributed by atoms with Crippen LogP contribution in [0.2, 0.25) is 0 Å². The second kappa shape index (κ2) is 5.27. The number of hydrogen-bond donors (Lipinski definition) is 1. The van der Waals surface area contributed by atoms with Crippen molar-refractivity contribution in [1.29, 1.82) is 0 Å². The highest BCUT2D eigenvalue weighted by Crippen LogP contribution is 2.25. The van der Waals surface area contributed by atoms with E-state index in [4.69, 9.17) is 4.42 Å². The molecule has 0 aliphatic rings. The van der Waals surface area contributed by atoms with Gasteiger partial charge in [-0.3, -0.25) is 0 Å². The van der Waals surface area contributed by atoms with Crippen molar-refractivity contribution in [3.63, 3.8) is 0 Å². The highest BCUT2D eigenvalue weighted by Gasteiger charge is 2.16. The summed E-state index contributed by atoms with van der Waals surface area (Å²) in [4.78, 5) is 5.60. The van der Waals surface area contributed by atoms with Gasteiger partial charge < -0.3 is 9.73 Å². The summed E-state index contributed by atoms with van der Waals surface area (Å²) in [7, 11) is 0. The Morgan fingerprint density at radius 1 is 1.56 bits per heavy atom. The number of furan rings is 1. The van der Waals surface area contributed by atoms with Crippen molar-refractivity contribution in [3.05, 3.63) is 40.2 Å². The monoisotopic (exact) mass is 236 g/mol. The Balaban J connectivity index is 2.14. The van der Waals surface area contributed by atoms with E-state index in [0.29, 0.717) is 6.04 Å². The van der Waals surface area contributed by atoms with Crippen LogP contribution in [0.15, 0.2) is 28.3 Å². The van der Waals surface area contributed by atoms with Crippen LogP contribution in [-0.2, 0) is 6.42 Å². The number of nitrogens with zero attached hydrogens (tertiary/aromatic N) is 1. The fourth-order valence-corrected chi connectivity index (χ4v) is 2.66. The summed E-state index contributed by atoms with van der Waals surface area (Å²) in [6, 6.07) is 4.25. The Hall–Kier alpha value is -1.13. The van der Waals surface area contributed by atoms with Gasteiger partial charge in [0.15, 0.2) is 0 Å². The fourth-order valence-electron chi connectivity index (χ4n) is 1.78. The van der Waals surface area contributed by atoms with Crippen LogP contribution in [0.1, 0.15) is 29.3 Å². The van der Waals surface area contributed by atoms with Crippen LogP contribution in [0.3, 0.4) is 0 Å². The molecule has 0 aliphatic carbocycles. The van der Waals surface area contributed by atoms with E-state index in [1.807, 2.05) is 17.6 Å². The van der Waals surface area contributed by atoms with Crippen LogP contribution in [0.5, 0.6) is 0 Å². The quantitative estimate of drug-likeness (QED) is 0.867. The SMILES string of the molecule is CCNC(Cc1ccco1)c1scnc1C. The molecule has 0 aliphatic heterocycles. The first-order valence-electron chi connectivity index (χ1n) is 5.47. The molecule has 86 valence electrons. The van der Waals surface area contributed by atoms with Crippen molar-refractivity contribution in [2.75, 3.05) is 6.54 Å². The van der Waals surface area contributed by atoms with Gasteiger partial charge in [-0.25, -0.2) is 4.98 Å². The molecule has 0 aromatic carbocycles. The molecule has 2 aromatic rings. The predicted octanol–water partition coefficient (Wildman–Crippen LogP) is 2.94. The van der Waals surface area contributed by atoms with Gasteiger partial charge in [0.05, 0.1) is 23.5 Å². The highest BCUT2D eigenvalue weighted by molar-refractivity contribution is 7.09. The van der Waals surface area contributed by atoms with Crippen molar-refractivity contribution in [1.82, 2.24) is 10.3 Å². The van der Waals surface area contributed by atoms with Gasteiger partial charge in [0.25, 0.3) is 0 Å². The molecule has 4 heteroatoms. The maximum absolute atomic E-state index is 5.39. The predicted molar refractivity (Wildman–Crippen MR) is 65.7 cm³/mol. The summed E-state index contributed by atoms with van der Waals surface area (Å²) in [5, 5.41) is 3.47. The first kappa shape index (κ1) is 11.4. The lowest BCUT2D eigenvalue weighted by molar-refractivity contribution is 0.457. The fraction of sp³-hybridized carbons (Fsp3) is 0.417. The smallest absolute Gasteiger partial charge is 0.105 e. The second-order valence-corrected chi connectivity index (χ2v) is 4.58. The van der Waals surface area contributed by atoms with E-state index in [-0.39, 0.29) is 0 Å². The standard InChI is InChI=1S/C12H16N2OS/c1-3-13-11(7-10-5-4-6-15-10)12-9(2)14-8-16-12/h4-6,8,11,13H,3,7H2,1-2H3. The number of rotatable bonds is 5.